The Morgan fingerprint density at radius 2 is 1.70 bits per heavy atom. The van der Waals surface area contributed by atoms with Crippen LogP contribution in [0.3, 0.4) is 0 Å². The van der Waals surface area contributed by atoms with Gasteiger partial charge in [-0.15, -0.1) is 6.42 Å². The Labute approximate surface area is 270 Å². The van der Waals surface area contributed by atoms with E-state index in [0.717, 1.165) is 16.8 Å². The molecule has 7 nitrogen and oxygen atoms in total. The van der Waals surface area contributed by atoms with E-state index >= 15 is 8.78 Å². The summed E-state index contributed by atoms with van der Waals surface area (Å²) in [6, 6.07) is 3.48. The normalized spacial score (nSPS) is 13.0. The number of terminal acetylenes is 1. The van der Waals surface area contributed by atoms with Gasteiger partial charge in [-0.1, -0.05) is 38.0 Å². The fourth-order valence-electron chi connectivity index (χ4n) is 5.59. The van der Waals surface area contributed by atoms with Crippen molar-refractivity contribution in [3.63, 3.8) is 0 Å². The van der Waals surface area contributed by atoms with E-state index in [1.54, 1.807) is 64.9 Å². The molecule has 12 heteroatoms. The van der Waals surface area contributed by atoms with Gasteiger partial charge in [0.15, 0.2) is 0 Å². The molecular weight excluding hydrogens is 621 g/mol. The van der Waals surface area contributed by atoms with E-state index in [4.69, 9.17) is 6.42 Å². The molecule has 0 saturated carbocycles. The van der Waals surface area contributed by atoms with Crippen LogP contribution in [-0.4, -0.2) is 47.1 Å². The molecule has 252 valence electrons. The number of nitrogens with zero attached hydrogens (tertiary/aromatic N) is 2. The van der Waals surface area contributed by atoms with Gasteiger partial charge in [-0.25, -0.2) is 8.78 Å². The van der Waals surface area contributed by atoms with Crippen molar-refractivity contribution < 1.29 is 36.6 Å². The number of nitrogens with one attached hydrogen (secondary N) is 1. The van der Waals surface area contributed by atoms with E-state index in [0.29, 0.717) is 22.8 Å². The molecule has 0 aliphatic carbocycles. The third-order valence-electron chi connectivity index (χ3n) is 7.81. The average Bonchev–Trinajstić information content (AvgIpc) is 2.95. The predicted molar refractivity (Wildman–Crippen MR) is 169 cm³/mol. The Balaban J connectivity index is 2.22. The number of rotatable bonds is 12. The molecule has 47 heavy (non-hydrogen) atoms. The summed E-state index contributed by atoms with van der Waals surface area (Å²) in [6.45, 7) is 7.05. The van der Waals surface area contributed by atoms with Gasteiger partial charge < -0.3 is 19.9 Å². The first kappa shape index (κ1) is 37.0. The number of pyridine rings is 1. The van der Waals surface area contributed by atoms with E-state index in [2.05, 4.69) is 11.2 Å². The molecule has 0 saturated heterocycles. The van der Waals surface area contributed by atoms with Crippen molar-refractivity contribution in [2.45, 2.75) is 65.2 Å². The minimum absolute atomic E-state index is 0.0625. The summed E-state index contributed by atoms with van der Waals surface area (Å²) < 4.78 is 74.8. The van der Waals surface area contributed by atoms with Crippen molar-refractivity contribution in [3.05, 3.63) is 91.9 Å². The molecule has 1 heterocycles. The van der Waals surface area contributed by atoms with Gasteiger partial charge in [0, 0.05) is 29.9 Å². The number of carbonyl (C=O) groups is 2. The molecule has 0 bridgehead atoms. The van der Waals surface area contributed by atoms with E-state index in [-0.39, 0.29) is 42.0 Å². The van der Waals surface area contributed by atoms with Crippen molar-refractivity contribution in [3.8, 4) is 23.5 Å². The Kier molecular flexibility index (Phi) is 11.7. The zero-order valence-electron chi connectivity index (χ0n) is 27.1. The Morgan fingerprint density at radius 3 is 2.21 bits per heavy atom. The highest BCUT2D eigenvalue weighted by Gasteiger charge is 2.36. The molecule has 2 atom stereocenters. The van der Waals surface area contributed by atoms with Gasteiger partial charge in [-0.2, -0.15) is 13.2 Å². The first-order valence-corrected chi connectivity index (χ1v) is 14.9. The molecule has 0 spiro atoms. The largest absolute Gasteiger partial charge is 0.481 e. The summed E-state index contributed by atoms with van der Waals surface area (Å²) in [5.74, 6) is -3.02. The maximum Gasteiger partial charge on any atom is 0.416 e. The Hall–Kier alpha value is -4.50. The highest BCUT2D eigenvalue weighted by molar-refractivity contribution is 5.82. The lowest BCUT2D eigenvalue weighted by molar-refractivity contribution is -0.139. The first-order valence-electron chi connectivity index (χ1n) is 14.9. The number of amides is 1. The van der Waals surface area contributed by atoms with E-state index in [1.165, 1.54) is 0 Å². The molecular formula is C35H38F5N3O4. The van der Waals surface area contributed by atoms with Crippen molar-refractivity contribution in [2.24, 2.45) is 5.92 Å². The van der Waals surface area contributed by atoms with Crippen LogP contribution in [0.4, 0.5) is 22.0 Å². The average molecular weight is 660 g/mol. The molecule has 1 aromatic heterocycles. The van der Waals surface area contributed by atoms with Crippen molar-refractivity contribution >= 4 is 11.9 Å². The van der Waals surface area contributed by atoms with Crippen LogP contribution in [0.1, 0.15) is 72.2 Å². The Morgan fingerprint density at radius 1 is 1.09 bits per heavy atom. The van der Waals surface area contributed by atoms with Crippen LogP contribution in [0, 0.1) is 43.7 Å². The number of alkyl halides is 3. The van der Waals surface area contributed by atoms with Crippen LogP contribution in [0.25, 0.3) is 11.1 Å². The van der Waals surface area contributed by atoms with Gasteiger partial charge in [0.05, 0.1) is 23.6 Å². The number of carbonyl (C=O) groups excluding carboxylic acids is 1. The molecule has 0 aliphatic heterocycles. The highest BCUT2D eigenvalue weighted by atomic mass is 19.4. The first-order chi connectivity index (χ1) is 21.9. The minimum Gasteiger partial charge on any atom is -0.481 e. The second-order valence-electron chi connectivity index (χ2n) is 12.2. The standard InChI is InChI=1S/C35H38F5N3O4/c1-8-22-15-24(30-20(4)10-9-11-21(30)5)33(37)31(32(22)36)26(17-29(45)46)41-34(47)27(14-19(2)3)43-18-23(12-13-42(6)7)25(16-28(43)44)35(38,39)40/h1,9-11,15-16,18-19,26-27H,12-14,17H2,2-7H3,(H,41,47)(H,45,46). The smallest absolute Gasteiger partial charge is 0.416 e. The number of carboxylic acids is 1. The zero-order chi connectivity index (χ0) is 35.4. The predicted octanol–water partition coefficient (Wildman–Crippen LogP) is 6.43. The van der Waals surface area contributed by atoms with Crippen LogP contribution in [0.15, 0.2) is 41.3 Å². The quantitative estimate of drug-likeness (QED) is 0.173. The fraction of sp³-hybridized carbons (Fsp3) is 0.400. The summed E-state index contributed by atoms with van der Waals surface area (Å²) in [5, 5.41) is 12.1. The molecule has 0 radical (unpaired) electrons. The number of hydrogen-bond donors (Lipinski definition) is 2. The second-order valence-corrected chi connectivity index (χ2v) is 12.2. The number of aryl methyl sites for hydroxylation is 2. The summed E-state index contributed by atoms with van der Waals surface area (Å²) in [6.07, 6.45) is 0.560. The van der Waals surface area contributed by atoms with Gasteiger partial charge in [0.25, 0.3) is 5.56 Å². The molecule has 3 rings (SSSR count). The van der Waals surface area contributed by atoms with Crippen LogP contribution in [0.2, 0.25) is 0 Å². The molecule has 2 aromatic carbocycles. The third-order valence-corrected chi connectivity index (χ3v) is 7.81. The summed E-state index contributed by atoms with van der Waals surface area (Å²) in [7, 11) is 3.33. The van der Waals surface area contributed by atoms with E-state index in [1.807, 2.05) is 0 Å². The van der Waals surface area contributed by atoms with Gasteiger partial charge >= 0.3 is 12.1 Å². The lowest BCUT2D eigenvalue weighted by Gasteiger charge is -2.27. The summed E-state index contributed by atoms with van der Waals surface area (Å²) in [4.78, 5) is 40.7. The lowest BCUT2D eigenvalue weighted by Crippen LogP contribution is -2.41. The highest BCUT2D eigenvalue weighted by Crippen LogP contribution is 2.37. The minimum atomic E-state index is -4.84. The molecule has 3 aromatic rings. The summed E-state index contributed by atoms with van der Waals surface area (Å²) in [5.41, 5.74) is -2.07. The van der Waals surface area contributed by atoms with E-state index < -0.39 is 64.9 Å². The number of aromatic nitrogens is 1. The lowest BCUT2D eigenvalue weighted by atomic mass is 9.89. The van der Waals surface area contributed by atoms with Crippen molar-refractivity contribution in [1.29, 1.82) is 0 Å². The van der Waals surface area contributed by atoms with Gasteiger partial charge in [0.1, 0.15) is 17.7 Å². The Bertz CT molecular complexity index is 1740. The van der Waals surface area contributed by atoms with Gasteiger partial charge in [-0.3, -0.25) is 14.4 Å². The molecule has 0 fully saturated rings. The summed E-state index contributed by atoms with van der Waals surface area (Å²) >= 11 is 0. The molecule has 2 unspecified atom stereocenters. The van der Waals surface area contributed by atoms with E-state index in [9.17, 15) is 32.7 Å². The molecule has 2 N–H and O–H groups in total. The fourth-order valence-corrected chi connectivity index (χ4v) is 5.59. The third kappa shape index (κ3) is 8.65. The SMILES string of the molecule is C#Cc1cc(-c2c(C)cccc2C)c(F)c(C(CC(=O)O)NC(=O)C(CC(C)C)n2cc(CCN(C)C)c(C(F)(F)F)cc2=O)c1F. The maximum absolute atomic E-state index is 16.4. The number of benzene rings is 2. The zero-order valence-corrected chi connectivity index (χ0v) is 27.1. The van der Waals surface area contributed by atoms with Crippen molar-refractivity contribution in [1.82, 2.24) is 14.8 Å². The topological polar surface area (TPSA) is 91.6 Å². The van der Waals surface area contributed by atoms with Crippen LogP contribution in [0.5, 0.6) is 0 Å². The number of carboxylic acid groups (broad SMARTS) is 1. The van der Waals surface area contributed by atoms with Crippen LogP contribution >= 0.6 is 0 Å². The monoisotopic (exact) mass is 659 g/mol. The molecule has 0 aliphatic rings. The molecule has 1 amide bonds. The number of hydrogen-bond acceptors (Lipinski definition) is 4. The van der Waals surface area contributed by atoms with Gasteiger partial charge in [-0.05, 0) is 75.0 Å². The van der Waals surface area contributed by atoms with Crippen LogP contribution in [-0.2, 0) is 22.2 Å². The van der Waals surface area contributed by atoms with Crippen molar-refractivity contribution in [2.75, 3.05) is 20.6 Å². The number of halogens is 5. The van der Waals surface area contributed by atoms with Gasteiger partial charge in [0.2, 0.25) is 5.91 Å². The number of likely N-dealkylation sites (N-methyl/N-ethyl adjacent to an activating group) is 1. The number of aliphatic carboxylic acids is 1. The van der Waals surface area contributed by atoms with Crippen LogP contribution < -0.4 is 10.9 Å². The maximum atomic E-state index is 16.4. The second kappa shape index (κ2) is 14.9.